The highest BCUT2D eigenvalue weighted by Gasteiger charge is 2.43. The van der Waals surface area contributed by atoms with Gasteiger partial charge < -0.3 is 9.64 Å². The molecule has 3 aromatic carbocycles. The van der Waals surface area contributed by atoms with Gasteiger partial charge in [-0.2, -0.15) is 5.26 Å². The summed E-state index contributed by atoms with van der Waals surface area (Å²) in [5.74, 6) is -0.260. The molecule has 0 saturated carbocycles. The van der Waals surface area contributed by atoms with E-state index < -0.39 is 5.60 Å². The second-order valence-electron chi connectivity index (χ2n) is 8.13. The minimum absolute atomic E-state index is 0.158. The van der Waals surface area contributed by atoms with Gasteiger partial charge in [0.15, 0.2) is 0 Å². The van der Waals surface area contributed by atoms with Crippen molar-refractivity contribution in [3.8, 4) is 17.2 Å². The molecule has 1 unspecified atom stereocenters. The number of halogens is 1. The summed E-state index contributed by atoms with van der Waals surface area (Å²) in [6.45, 7) is 2.53. The molecular weight excluding hydrogens is 403 g/mol. The highest BCUT2D eigenvalue weighted by atomic mass is 19.1. The number of hydrogen-bond acceptors (Lipinski definition) is 3. The molecule has 0 bridgehead atoms. The Labute approximate surface area is 187 Å². The summed E-state index contributed by atoms with van der Waals surface area (Å²) in [7, 11) is 0. The van der Waals surface area contributed by atoms with Gasteiger partial charge in [0.1, 0.15) is 11.4 Å². The summed E-state index contributed by atoms with van der Waals surface area (Å²) in [5.41, 5.74) is 3.09. The number of nitriles is 1. The van der Waals surface area contributed by atoms with E-state index in [1.54, 1.807) is 17.0 Å². The van der Waals surface area contributed by atoms with E-state index in [0.717, 1.165) is 22.3 Å². The Morgan fingerprint density at radius 3 is 2.25 bits per heavy atom. The molecule has 5 heteroatoms. The van der Waals surface area contributed by atoms with Crippen molar-refractivity contribution in [2.75, 3.05) is 6.54 Å². The van der Waals surface area contributed by atoms with E-state index in [9.17, 15) is 9.18 Å². The first-order valence-corrected chi connectivity index (χ1v) is 10.8. The van der Waals surface area contributed by atoms with Crippen LogP contribution in [0.3, 0.4) is 0 Å². The Bertz CT molecular complexity index is 1110. The van der Waals surface area contributed by atoms with Crippen LogP contribution in [-0.2, 0) is 10.3 Å². The standard InChI is InChI=1S/C27H25FN2O2/c1-20(21-8-10-22(11-9-21)23-12-14-25(28)15-13-23)30-19-17-27(16-5-18-29,32-26(30)31)24-6-3-2-4-7-24/h2-4,6-15,20H,5,16-17,19H2,1H3/t20-,27?/m0/s1. The van der Waals surface area contributed by atoms with Gasteiger partial charge in [-0.1, -0.05) is 66.7 Å². The number of amides is 1. The molecule has 1 fully saturated rings. The van der Waals surface area contributed by atoms with Crippen LogP contribution >= 0.6 is 0 Å². The number of ether oxygens (including phenoxy) is 1. The van der Waals surface area contributed by atoms with Crippen molar-refractivity contribution in [1.82, 2.24) is 4.90 Å². The molecule has 1 aliphatic rings. The zero-order valence-electron chi connectivity index (χ0n) is 18.0. The number of hydrogen-bond donors (Lipinski definition) is 0. The van der Waals surface area contributed by atoms with Gasteiger partial charge in [0, 0.05) is 25.8 Å². The molecule has 0 N–H and O–H groups in total. The second-order valence-corrected chi connectivity index (χ2v) is 8.13. The summed E-state index contributed by atoms with van der Waals surface area (Å²) < 4.78 is 19.2. The van der Waals surface area contributed by atoms with Gasteiger partial charge in [0.2, 0.25) is 0 Å². The molecule has 1 aliphatic heterocycles. The van der Waals surface area contributed by atoms with Gasteiger partial charge in [-0.15, -0.1) is 0 Å². The molecule has 4 nitrogen and oxygen atoms in total. The van der Waals surface area contributed by atoms with E-state index >= 15 is 0 Å². The lowest BCUT2D eigenvalue weighted by Gasteiger charge is -2.43. The van der Waals surface area contributed by atoms with E-state index in [1.807, 2.05) is 61.5 Å². The van der Waals surface area contributed by atoms with Crippen molar-refractivity contribution >= 4 is 6.09 Å². The molecule has 1 saturated heterocycles. The first-order valence-electron chi connectivity index (χ1n) is 10.8. The first kappa shape index (κ1) is 21.6. The van der Waals surface area contributed by atoms with Crippen LogP contribution in [0, 0.1) is 17.1 Å². The predicted molar refractivity (Wildman–Crippen MR) is 121 cm³/mol. The Hall–Kier alpha value is -3.65. The third-order valence-electron chi connectivity index (χ3n) is 6.25. The lowest BCUT2D eigenvalue weighted by atomic mass is 9.84. The molecule has 0 radical (unpaired) electrons. The quantitative estimate of drug-likeness (QED) is 0.445. The number of rotatable bonds is 6. The molecular formula is C27H25FN2O2. The van der Waals surface area contributed by atoms with Crippen LogP contribution in [-0.4, -0.2) is 17.5 Å². The maximum atomic E-state index is 13.2. The van der Waals surface area contributed by atoms with Crippen molar-refractivity contribution < 1.29 is 13.9 Å². The zero-order chi connectivity index (χ0) is 22.6. The van der Waals surface area contributed by atoms with Crippen molar-refractivity contribution in [1.29, 1.82) is 5.26 Å². The SMILES string of the molecule is C[C@@H](c1ccc(-c2ccc(F)cc2)cc1)N1CCC(CCC#N)(c2ccccc2)OC1=O. The minimum atomic E-state index is -0.767. The van der Waals surface area contributed by atoms with E-state index in [0.29, 0.717) is 25.8 Å². The van der Waals surface area contributed by atoms with E-state index in [1.165, 1.54) is 12.1 Å². The van der Waals surface area contributed by atoms with Crippen molar-refractivity contribution in [2.45, 2.75) is 37.8 Å². The summed E-state index contributed by atoms with van der Waals surface area (Å²) in [6, 6.07) is 26.1. The van der Waals surface area contributed by atoms with Crippen LogP contribution in [0.25, 0.3) is 11.1 Å². The number of carbonyl (C=O) groups excluding carboxylic acids is 1. The highest BCUT2D eigenvalue weighted by molar-refractivity contribution is 5.70. The highest BCUT2D eigenvalue weighted by Crippen LogP contribution is 2.40. The van der Waals surface area contributed by atoms with Crippen LogP contribution in [0.15, 0.2) is 78.9 Å². The first-order chi connectivity index (χ1) is 15.5. The van der Waals surface area contributed by atoms with Gasteiger partial charge in [0.05, 0.1) is 12.1 Å². The van der Waals surface area contributed by atoms with Crippen LogP contribution in [0.5, 0.6) is 0 Å². The Balaban J connectivity index is 1.51. The third kappa shape index (κ3) is 4.36. The normalized spacial score (nSPS) is 19.2. The third-order valence-corrected chi connectivity index (χ3v) is 6.25. The molecule has 4 rings (SSSR count). The lowest BCUT2D eigenvalue weighted by Crippen LogP contribution is -2.48. The Morgan fingerprint density at radius 1 is 1.03 bits per heavy atom. The number of nitrogens with zero attached hydrogens (tertiary/aromatic N) is 2. The number of carbonyl (C=O) groups is 1. The second kappa shape index (κ2) is 9.23. The molecule has 0 aromatic heterocycles. The van der Waals surface area contributed by atoms with Gasteiger partial charge in [0.25, 0.3) is 0 Å². The zero-order valence-corrected chi connectivity index (χ0v) is 18.0. The molecule has 0 spiro atoms. The Morgan fingerprint density at radius 2 is 1.66 bits per heavy atom. The summed E-state index contributed by atoms with van der Waals surface area (Å²) >= 11 is 0. The summed E-state index contributed by atoms with van der Waals surface area (Å²) in [6.07, 6.45) is 1.06. The topological polar surface area (TPSA) is 53.3 Å². The largest absolute Gasteiger partial charge is 0.438 e. The van der Waals surface area contributed by atoms with Crippen molar-refractivity contribution in [2.24, 2.45) is 0 Å². The number of cyclic esters (lactones) is 1. The summed E-state index contributed by atoms with van der Waals surface area (Å²) in [5, 5.41) is 9.11. The van der Waals surface area contributed by atoms with Gasteiger partial charge in [-0.25, -0.2) is 9.18 Å². The van der Waals surface area contributed by atoms with Crippen LogP contribution in [0.1, 0.15) is 43.4 Å². The van der Waals surface area contributed by atoms with Gasteiger partial charge in [-0.05, 0) is 41.3 Å². The molecule has 3 aromatic rings. The fraction of sp³-hybridized carbons (Fsp3) is 0.259. The van der Waals surface area contributed by atoms with Crippen LogP contribution in [0.2, 0.25) is 0 Å². The predicted octanol–water partition coefficient (Wildman–Crippen LogP) is 6.60. The summed E-state index contributed by atoms with van der Waals surface area (Å²) in [4.78, 5) is 14.8. The van der Waals surface area contributed by atoms with E-state index in [2.05, 4.69) is 6.07 Å². The molecule has 1 heterocycles. The monoisotopic (exact) mass is 428 g/mol. The molecule has 32 heavy (non-hydrogen) atoms. The van der Waals surface area contributed by atoms with E-state index in [-0.39, 0.29) is 18.0 Å². The molecule has 1 amide bonds. The Kier molecular flexibility index (Phi) is 6.23. The van der Waals surface area contributed by atoms with E-state index in [4.69, 9.17) is 10.00 Å². The smallest absolute Gasteiger partial charge is 0.411 e. The van der Waals surface area contributed by atoms with Gasteiger partial charge in [-0.3, -0.25) is 0 Å². The van der Waals surface area contributed by atoms with Crippen LogP contribution < -0.4 is 0 Å². The molecule has 162 valence electrons. The van der Waals surface area contributed by atoms with Gasteiger partial charge >= 0.3 is 6.09 Å². The fourth-order valence-electron chi connectivity index (χ4n) is 4.32. The average molecular weight is 429 g/mol. The molecule has 0 aliphatic carbocycles. The fourth-order valence-corrected chi connectivity index (χ4v) is 4.32. The maximum Gasteiger partial charge on any atom is 0.411 e. The average Bonchev–Trinajstić information content (AvgIpc) is 2.83. The number of benzene rings is 3. The van der Waals surface area contributed by atoms with Crippen LogP contribution in [0.4, 0.5) is 9.18 Å². The molecule has 2 atom stereocenters. The maximum absolute atomic E-state index is 13.2. The lowest BCUT2D eigenvalue weighted by molar-refractivity contribution is -0.0647. The van der Waals surface area contributed by atoms with Crippen molar-refractivity contribution in [3.05, 3.63) is 95.8 Å². The minimum Gasteiger partial charge on any atom is -0.438 e. The van der Waals surface area contributed by atoms with Crippen molar-refractivity contribution in [3.63, 3.8) is 0 Å².